The second-order valence-corrected chi connectivity index (χ2v) is 6.87. The van der Waals surface area contributed by atoms with E-state index in [-0.39, 0.29) is 0 Å². The third-order valence-corrected chi connectivity index (χ3v) is 5.34. The Kier molecular flexibility index (Phi) is 6.24. The number of nitrogens with zero attached hydrogens (tertiary/aromatic N) is 2. The van der Waals surface area contributed by atoms with Gasteiger partial charge in [0.1, 0.15) is 0 Å². The first-order chi connectivity index (χ1) is 9.28. The van der Waals surface area contributed by atoms with E-state index in [0.717, 1.165) is 18.2 Å². The molecule has 108 valence electrons. The topological polar surface area (TPSA) is 29.9 Å². The molecule has 19 heavy (non-hydrogen) atoms. The molecule has 1 heterocycles. The van der Waals surface area contributed by atoms with Gasteiger partial charge in [-0.25, -0.2) is 0 Å². The van der Waals surface area contributed by atoms with E-state index in [9.17, 15) is 0 Å². The molecule has 0 bridgehead atoms. The highest BCUT2D eigenvalue weighted by Crippen LogP contribution is 2.28. The maximum atomic E-state index is 4.49. The summed E-state index contributed by atoms with van der Waals surface area (Å²) in [7, 11) is 1.99. The van der Waals surface area contributed by atoms with Gasteiger partial charge in [-0.05, 0) is 25.5 Å². The monoisotopic (exact) mass is 281 g/mol. The Morgan fingerprint density at radius 3 is 2.84 bits per heavy atom. The van der Waals surface area contributed by atoms with E-state index in [2.05, 4.69) is 35.2 Å². The predicted molar refractivity (Wildman–Crippen MR) is 83.7 cm³/mol. The van der Waals surface area contributed by atoms with Gasteiger partial charge < -0.3 is 5.32 Å². The number of nitrogens with one attached hydrogen (secondary N) is 1. The van der Waals surface area contributed by atoms with Crippen molar-refractivity contribution < 1.29 is 0 Å². The maximum absolute atomic E-state index is 4.49. The van der Waals surface area contributed by atoms with Crippen molar-refractivity contribution in [2.75, 3.05) is 12.3 Å². The van der Waals surface area contributed by atoms with Crippen molar-refractivity contribution in [3.05, 3.63) is 18.0 Å². The van der Waals surface area contributed by atoms with E-state index < -0.39 is 0 Å². The molecule has 0 aromatic carbocycles. The molecule has 0 aliphatic heterocycles. The van der Waals surface area contributed by atoms with Crippen LogP contribution >= 0.6 is 11.8 Å². The Balaban J connectivity index is 1.78. The van der Waals surface area contributed by atoms with Crippen molar-refractivity contribution in [3.63, 3.8) is 0 Å². The maximum Gasteiger partial charge on any atom is 0.0640 e. The van der Waals surface area contributed by atoms with Crippen LogP contribution in [0.4, 0.5) is 0 Å². The largest absolute Gasteiger partial charge is 0.313 e. The third-order valence-electron chi connectivity index (χ3n) is 3.80. The molecule has 1 aliphatic carbocycles. The van der Waals surface area contributed by atoms with Gasteiger partial charge in [-0.3, -0.25) is 4.68 Å². The summed E-state index contributed by atoms with van der Waals surface area (Å²) in [6, 6.07) is 2.70. The number of aromatic nitrogens is 2. The Hall–Kier alpha value is -0.480. The van der Waals surface area contributed by atoms with Crippen LogP contribution in [-0.2, 0) is 13.5 Å². The highest BCUT2D eigenvalue weighted by molar-refractivity contribution is 7.99. The molecule has 1 aliphatic rings. The van der Waals surface area contributed by atoms with Gasteiger partial charge in [0.25, 0.3) is 0 Å². The molecule has 1 N–H and O–H groups in total. The first-order valence-corrected chi connectivity index (χ1v) is 8.66. The van der Waals surface area contributed by atoms with E-state index in [1.807, 2.05) is 17.9 Å². The van der Waals surface area contributed by atoms with Crippen LogP contribution in [0.15, 0.2) is 12.3 Å². The fourth-order valence-corrected chi connectivity index (χ4v) is 4.19. The van der Waals surface area contributed by atoms with E-state index in [0.29, 0.717) is 6.04 Å². The van der Waals surface area contributed by atoms with Crippen LogP contribution < -0.4 is 5.32 Å². The van der Waals surface area contributed by atoms with E-state index in [1.54, 1.807) is 0 Å². The van der Waals surface area contributed by atoms with Gasteiger partial charge in [0, 0.05) is 36.7 Å². The van der Waals surface area contributed by atoms with Crippen LogP contribution in [-0.4, -0.2) is 33.4 Å². The average Bonchev–Trinajstić information content (AvgIpc) is 2.83. The summed E-state index contributed by atoms with van der Waals surface area (Å²) in [5.41, 5.74) is 1.21. The number of likely N-dealkylation sites (N-methyl/N-ethyl adjacent to an activating group) is 1. The SMILES string of the molecule is CCNC(CSC1CCCCC1)Cc1ccn(C)n1. The van der Waals surface area contributed by atoms with Crippen molar-refractivity contribution in [2.45, 2.75) is 56.7 Å². The number of hydrogen-bond acceptors (Lipinski definition) is 3. The summed E-state index contributed by atoms with van der Waals surface area (Å²) in [5, 5.41) is 9.01. The fourth-order valence-electron chi connectivity index (χ4n) is 2.79. The molecule has 1 unspecified atom stereocenters. The molecule has 1 fully saturated rings. The molecular formula is C15H27N3S. The average molecular weight is 281 g/mol. The van der Waals surface area contributed by atoms with E-state index in [1.165, 1.54) is 43.6 Å². The molecule has 4 heteroatoms. The molecule has 1 aromatic heterocycles. The second-order valence-electron chi connectivity index (χ2n) is 5.53. The van der Waals surface area contributed by atoms with E-state index in [4.69, 9.17) is 0 Å². The van der Waals surface area contributed by atoms with Crippen molar-refractivity contribution in [2.24, 2.45) is 7.05 Å². The van der Waals surface area contributed by atoms with Crippen LogP contribution in [0.3, 0.4) is 0 Å². The lowest BCUT2D eigenvalue weighted by Gasteiger charge is -2.24. The normalized spacial score (nSPS) is 18.6. The lowest BCUT2D eigenvalue weighted by molar-refractivity contribution is 0.512. The van der Waals surface area contributed by atoms with E-state index >= 15 is 0 Å². The van der Waals surface area contributed by atoms with Gasteiger partial charge in [-0.15, -0.1) is 0 Å². The summed E-state index contributed by atoms with van der Waals surface area (Å²) in [5.74, 6) is 1.22. The van der Waals surface area contributed by atoms with Gasteiger partial charge in [0.05, 0.1) is 5.69 Å². The second kappa shape index (κ2) is 7.95. The lowest BCUT2D eigenvalue weighted by Crippen LogP contribution is -2.34. The Morgan fingerprint density at radius 2 is 2.21 bits per heavy atom. The van der Waals surface area contributed by atoms with Gasteiger partial charge in [0.2, 0.25) is 0 Å². The minimum absolute atomic E-state index is 0.562. The molecule has 1 atom stereocenters. The molecule has 0 amide bonds. The molecule has 0 spiro atoms. The lowest BCUT2D eigenvalue weighted by atomic mass is 10.0. The number of aryl methyl sites for hydroxylation is 1. The molecule has 0 saturated heterocycles. The van der Waals surface area contributed by atoms with Gasteiger partial charge in [0.15, 0.2) is 0 Å². The van der Waals surface area contributed by atoms with Gasteiger partial charge >= 0.3 is 0 Å². The number of thioether (sulfide) groups is 1. The predicted octanol–water partition coefficient (Wildman–Crippen LogP) is 3.01. The summed E-state index contributed by atoms with van der Waals surface area (Å²) in [6.45, 7) is 3.24. The van der Waals surface area contributed by atoms with Crippen LogP contribution in [0, 0.1) is 0 Å². The minimum atomic E-state index is 0.562. The molecule has 1 saturated carbocycles. The number of hydrogen-bond donors (Lipinski definition) is 1. The number of rotatable bonds is 7. The summed E-state index contributed by atoms with van der Waals surface area (Å²) in [4.78, 5) is 0. The summed E-state index contributed by atoms with van der Waals surface area (Å²) >= 11 is 2.17. The Morgan fingerprint density at radius 1 is 1.42 bits per heavy atom. The standard InChI is InChI=1S/C15H27N3S/c1-3-16-14(11-13-9-10-18(2)17-13)12-19-15-7-5-4-6-8-15/h9-10,14-16H,3-8,11-12H2,1-2H3. The fraction of sp³-hybridized carbons (Fsp3) is 0.800. The Labute approximate surface area is 121 Å². The van der Waals surface area contributed by atoms with Gasteiger partial charge in [-0.1, -0.05) is 26.2 Å². The molecule has 3 nitrogen and oxygen atoms in total. The van der Waals surface area contributed by atoms with Crippen LogP contribution in [0.5, 0.6) is 0 Å². The summed E-state index contributed by atoms with van der Waals surface area (Å²) in [6.07, 6.45) is 10.2. The minimum Gasteiger partial charge on any atom is -0.313 e. The quantitative estimate of drug-likeness (QED) is 0.833. The Bertz CT molecular complexity index is 358. The zero-order valence-corrected chi connectivity index (χ0v) is 13.1. The molecular weight excluding hydrogens is 254 g/mol. The smallest absolute Gasteiger partial charge is 0.0640 e. The third kappa shape index (κ3) is 5.19. The molecule has 1 aromatic rings. The first-order valence-electron chi connectivity index (χ1n) is 7.61. The van der Waals surface area contributed by atoms with Gasteiger partial charge in [-0.2, -0.15) is 16.9 Å². The zero-order valence-electron chi connectivity index (χ0n) is 12.3. The van der Waals surface area contributed by atoms with Crippen molar-refractivity contribution in [1.29, 1.82) is 0 Å². The first kappa shape index (κ1) is 14.9. The molecule has 0 radical (unpaired) electrons. The zero-order chi connectivity index (χ0) is 13.5. The molecule has 2 rings (SSSR count). The van der Waals surface area contributed by atoms with Crippen molar-refractivity contribution >= 4 is 11.8 Å². The summed E-state index contributed by atoms with van der Waals surface area (Å²) < 4.78 is 1.90. The highest BCUT2D eigenvalue weighted by atomic mass is 32.2. The highest BCUT2D eigenvalue weighted by Gasteiger charge is 2.17. The van der Waals surface area contributed by atoms with Crippen LogP contribution in [0.1, 0.15) is 44.7 Å². The van der Waals surface area contributed by atoms with Crippen molar-refractivity contribution in [1.82, 2.24) is 15.1 Å². The van der Waals surface area contributed by atoms with Crippen LogP contribution in [0.2, 0.25) is 0 Å². The van der Waals surface area contributed by atoms with Crippen LogP contribution in [0.25, 0.3) is 0 Å². The van der Waals surface area contributed by atoms with Crippen molar-refractivity contribution in [3.8, 4) is 0 Å².